The molecule has 29 heavy (non-hydrogen) atoms. The van der Waals surface area contributed by atoms with Crippen molar-refractivity contribution in [3.63, 3.8) is 0 Å². The summed E-state index contributed by atoms with van der Waals surface area (Å²) >= 11 is 0. The van der Waals surface area contributed by atoms with Gasteiger partial charge in [-0.3, -0.25) is 9.79 Å². The SMILES string of the molecule is CCNC(=NCCNC(=O)c1ccc(O)cc1)NC(C)C(C)c1ccccc1.I. The number of carbonyl (C=O) groups is 1. The third-order valence-electron chi connectivity index (χ3n) is 4.58. The van der Waals surface area contributed by atoms with E-state index in [1.54, 1.807) is 12.1 Å². The van der Waals surface area contributed by atoms with Gasteiger partial charge in [0.05, 0.1) is 6.54 Å². The van der Waals surface area contributed by atoms with Crippen molar-refractivity contribution in [2.24, 2.45) is 4.99 Å². The van der Waals surface area contributed by atoms with Crippen LogP contribution in [0.15, 0.2) is 59.6 Å². The number of nitrogens with zero attached hydrogens (tertiary/aromatic N) is 1. The number of phenols is 1. The predicted molar refractivity (Wildman–Crippen MR) is 129 cm³/mol. The first-order valence-electron chi connectivity index (χ1n) is 9.68. The average Bonchev–Trinajstić information content (AvgIpc) is 2.71. The van der Waals surface area contributed by atoms with Gasteiger partial charge in [0.25, 0.3) is 5.91 Å². The molecular weight excluding hydrogens is 479 g/mol. The average molecular weight is 510 g/mol. The van der Waals surface area contributed by atoms with Gasteiger partial charge in [-0.05, 0) is 43.7 Å². The molecule has 0 aliphatic carbocycles. The molecule has 1 amide bonds. The maximum Gasteiger partial charge on any atom is 0.251 e. The number of phenolic OH excluding ortho intramolecular Hbond substituents is 1. The van der Waals surface area contributed by atoms with Crippen LogP contribution in [0.5, 0.6) is 5.75 Å². The first-order valence-corrected chi connectivity index (χ1v) is 9.68. The number of benzene rings is 2. The Labute approximate surface area is 190 Å². The fraction of sp³-hybridized carbons (Fsp3) is 0.364. The second-order valence-electron chi connectivity index (χ2n) is 6.70. The van der Waals surface area contributed by atoms with Crippen molar-refractivity contribution in [3.05, 3.63) is 65.7 Å². The number of halogens is 1. The number of guanidine groups is 1. The molecule has 4 N–H and O–H groups in total. The molecule has 2 aromatic carbocycles. The van der Waals surface area contributed by atoms with Crippen LogP contribution in [-0.4, -0.2) is 42.6 Å². The molecule has 0 radical (unpaired) electrons. The Bertz CT molecular complexity index is 766. The molecule has 0 saturated carbocycles. The van der Waals surface area contributed by atoms with Gasteiger partial charge >= 0.3 is 0 Å². The van der Waals surface area contributed by atoms with E-state index in [0.717, 1.165) is 12.5 Å². The quantitative estimate of drug-likeness (QED) is 0.190. The van der Waals surface area contributed by atoms with Crippen molar-refractivity contribution in [1.29, 1.82) is 0 Å². The van der Waals surface area contributed by atoms with Crippen molar-refractivity contribution in [1.82, 2.24) is 16.0 Å². The second-order valence-corrected chi connectivity index (χ2v) is 6.70. The highest BCUT2D eigenvalue weighted by Gasteiger charge is 2.15. The van der Waals surface area contributed by atoms with Gasteiger partial charge in [-0.1, -0.05) is 37.3 Å². The van der Waals surface area contributed by atoms with E-state index < -0.39 is 0 Å². The smallest absolute Gasteiger partial charge is 0.251 e. The van der Waals surface area contributed by atoms with Crippen LogP contribution in [0, 0.1) is 0 Å². The lowest BCUT2D eigenvalue weighted by atomic mass is 9.94. The summed E-state index contributed by atoms with van der Waals surface area (Å²) in [4.78, 5) is 16.6. The number of rotatable bonds is 8. The number of aromatic hydroxyl groups is 1. The van der Waals surface area contributed by atoms with Gasteiger partial charge in [-0.2, -0.15) is 0 Å². The Morgan fingerprint density at radius 3 is 2.31 bits per heavy atom. The third-order valence-corrected chi connectivity index (χ3v) is 4.58. The van der Waals surface area contributed by atoms with Crippen molar-refractivity contribution < 1.29 is 9.90 Å². The highest BCUT2D eigenvalue weighted by molar-refractivity contribution is 14.0. The van der Waals surface area contributed by atoms with E-state index in [1.807, 2.05) is 13.0 Å². The van der Waals surface area contributed by atoms with Crippen LogP contribution < -0.4 is 16.0 Å². The summed E-state index contributed by atoms with van der Waals surface area (Å²) in [6.07, 6.45) is 0. The molecule has 2 unspecified atom stereocenters. The minimum absolute atomic E-state index is 0. The molecule has 0 saturated heterocycles. The lowest BCUT2D eigenvalue weighted by Crippen LogP contribution is -2.44. The summed E-state index contributed by atoms with van der Waals surface area (Å²) < 4.78 is 0. The molecule has 2 rings (SSSR count). The van der Waals surface area contributed by atoms with Gasteiger partial charge in [0, 0.05) is 30.6 Å². The van der Waals surface area contributed by atoms with Crippen molar-refractivity contribution in [2.75, 3.05) is 19.6 Å². The number of hydrogen-bond donors (Lipinski definition) is 4. The minimum atomic E-state index is -0.181. The van der Waals surface area contributed by atoms with Crippen LogP contribution >= 0.6 is 24.0 Å². The first kappa shape index (κ1) is 24.7. The molecule has 0 spiro atoms. The predicted octanol–water partition coefficient (Wildman–Crippen LogP) is 3.49. The molecular formula is C22H31IN4O2. The molecule has 0 heterocycles. The fourth-order valence-electron chi connectivity index (χ4n) is 2.76. The van der Waals surface area contributed by atoms with Crippen LogP contribution in [0.1, 0.15) is 42.6 Å². The monoisotopic (exact) mass is 510 g/mol. The summed E-state index contributed by atoms with van der Waals surface area (Å²) in [7, 11) is 0. The molecule has 0 aliphatic rings. The molecule has 6 nitrogen and oxygen atoms in total. The molecule has 2 atom stereocenters. The normalized spacial score (nSPS) is 13.0. The topological polar surface area (TPSA) is 85.8 Å². The van der Waals surface area contributed by atoms with E-state index in [2.05, 4.69) is 59.1 Å². The largest absolute Gasteiger partial charge is 0.508 e. The number of carbonyl (C=O) groups excluding carboxylic acids is 1. The fourth-order valence-corrected chi connectivity index (χ4v) is 2.76. The van der Waals surface area contributed by atoms with Gasteiger partial charge in [-0.15, -0.1) is 24.0 Å². The van der Waals surface area contributed by atoms with Crippen LogP contribution in [0.3, 0.4) is 0 Å². The second kappa shape index (κ2) is 13.0. The summed E-state index contributed by atoms with van der Waals surface area (Å²) in [5.41, 5.74) is 1.79. The van der Waals surface area contributed by atoms with E-state index in [4.69, 9.17) is 0 Å². The van der Waals surface area contributed by atoms with Crippen LogP contribution in [0.2, 0.25) is 0 Å². The van der Waals surface area contributed by atoms with Crippen molar-refractivity contribution >= 4 is 35.8 Å². The van der Waals surface area contributed by atoms with Gasteiger partial charge in [0.2, 0.25) is 0 Å². The summed E-state index contributed by atoms with van der Waals surface area (Å²) in [5, 5.41) is 18.8. The maximum absolute atomic E-state index is 12.1. The van der Waals surface area contributed by atoms with E-state index in [0.29, 0.717) is 24.6 Å². The van der Waals surface area contributed by atoms with Crippen LogP contribution in [-0.2, 0) is 0 Å². The molecule has 0 aliphatic heterocycles. The molecule has 158 valence electrons. The van der Waals surface area contributed by atoms with Gasteiger partial charge in [0.15, 0.2) is 5.96 Å². The Hall–Kier alpha value is -2.29. The highest BCUT2D eigenvalue weighted by atomic mass is 127. The highest BCUT2D eigenvalue weighted by Crippen LogP contribution is 2.18. The zero-order valence-electron chi connectivity index (χ0n) is 17.2. The third kappa shape index (κ3) is 8.31. The molecule has 0 bridgehead atoms. The Balaban J connectivity index is 0.00000420. The van der Waals surface area contributed by atoms with Crippen molar-refractivity contribution in [2.45, 2.75) is 32.7 Å². The van der Waals surface area contributed by atoms with Crippen LogP contribution in [0.4, 0.5) is 0 Å². The van der Waals surface area contributed by atoms with Crippen molar-refractivity contribution in [3.8, 4) is 5.75 Å². The Kier molecular flexibility index (Phi) is 11.1. The molecule has 0 aromatic heterocycles. The number of aliphatic imine (C=N–C) groups is 1. The number of hydrogen-bond acceptors (Lipinski definition) is 3. The molecule has 2 aromatic rings. The van der Waals surface area contributed by atoms with Gasteiger partial charge in [0.1, 0.15) is 5.75 Å². The zero-order valence-corrected chi connectivity index (χ0v) is 19.5. The lowest BCUT2D eigenvalue weighted by molar-refractivity contribution is 0.0955. The zero-order chi connectivity index (χ0) is 20.4. The van der Waals surface area contributed by atoms with E-state index >= 15 is 0 Å². The van der Waals surface area contributed by atoms with E-state index in [-0.39, 0.29) is 41.7 Å². The number of nitrogens with one attached hydrogen (secondary N) is 3. The minimum Gasteiger partial charge on any atom is -0.508 e. The lowest BCUT2D eigenvalue weighted by Gasteiger charge is -2.24. The Morgan fingerprint density at radius 1 is 1.03 bits per heavy atom. The molecule has 7 heteroatoms. The Morgan fingerprint density at radius 2 is 1.69 bits per heavy atom. The standard InChI is InChI=1S/C22H30N4O2.HI/c1-4-23-22(26-17(3)16(2)18-8-6-5-7-9-18)25-15-14-24-21(28)19-10-12-20(27)13-11-19;/h5-13,16-17,27H,4,14-15H2,1-3H3,(H,24,28)(H2,23,25,26);1H. The molecule has 0 fully saturated rings. The summed E-state index contributed by atoms with van der Waals surface area (Å²) in [5.74, 6) is 1.02. The summed E-state index contributed by atoms with van der Waals surface area (Å²) in [6.45, 7) is 8.00. The van der Waals surface area contributed by atoms with Gasteiger partial charge < -0.3 is 21.1 Å². The van der Waals surface area contributed by atoms with Crippen LogP contribution in [0.25, 0.3) is 0 Å². The van der Waals surface area contributed by atoms with E-state index in [1.165, 1.54) is 17.7 Å². The summed E-state index contributed by atoms with van der Waals surface area (Å²) in [6, 6.07) is 16.8. The first-order chi connectivity index (χ1) is 13.5. The number of amides is 1. The van der Waals surface area contributed by atoms with Gasteiger partial charge in [-0.25, -0.2) is 0 Å². The van der Waals surface area contributed by atoms with E-state index in [9.17, 15) is 9.90 Å². The maximum atomic E-state index is 12.1.